The lowest BCUT2D eigenvalue weighted by Gasteiger charge is -2.09. The van der Waals surface area contributed by atoms with E-state index in [2.05, 4.69) is 20.7 Å². The van der Waals surface area contributed by atoms with E-state index in [9.17, 15) is 21.6 Å². The summed E-state index contributed by atoms with van der Waals surface area (Å²) >= 11 is 4.25. The molecule has 0 aliphatic carbocycles. The number of thiophene rings is 1. The van der Waals surface area contributed by atoms with Crippen LogP contribution in [0, 0.1) is 0 Å². The van der Waals surface area contributed by atoms with Crippen LogP contribution in [0.1, 0.15) is 10.4 Å². The van der Waals surface area contributed by atoms with Gasteiger partial charge in [0.1, 0.15) is 4.21 Å². The van der Waals surface area contributed by atoms with Gasteiger partial charge in [-0.3, -0.25) is 9.52 Å². The second-order valence-electron chi connectivity index (χ2n) is 5.49. The number of amides is 1. The van der Waals surface area contributed by atoms with E-state index in [1.807, 2.05) is 4.72 Å². The summed E-state index contributed by atoms with van der Waals surface area (Å²) in [5.41, 5.74) is 0.399. The Kier molecular flexibility index (Phi) is 5.89. The zero-order valence-corrected chi connectivity index (χ0v) is 18.0. The van der Waals surface area contributed by atoms with Gasteiger partial charge in [0, 0.05) is 11.3 Å². The fraction of sp³-hybridized carbons (Fsp3) is 0. The number of carbonyl (C=O) groups is 1. The highest BCUT2D eigenvalue weighted by atomic mass is 79.9. The minimum absolute atomic E-state index is 0.117. The Balaban J connectivity index is 1.75. The number of anilines is 1. The van der Waals surface area contributed by atoms with E-state index in [0.717, 1.165) is 11.3 Å². The van der Waals surface area contributed by atoms with Crippen LogP contribution in [0.4, 0.5) is 5.69 Å². The maximum absolute atomic E-state index is 12.4. The summed E-state index contributed by atoms with van der Waals surface area (Å²) in [7, 11) is -7.87. The molecule has 0 radical (unpaired) electrons. The Morgan fingerprint density at radius 2 is 1.46 bits per heavy atom. The molecule has 0 saturated heterocycles. The van der Waals surface area contributed by atoms with E-state index < -0.39 is 26.0 Å². The highest BCUT2D eigenvalue weighted by Gasteiger charge is 2.20. The number of rotatable bonds is 6. The van der Waals surface area contributed by atoms with Crippen molar-refractivity contribution in [2.45, 2.75) is 9.10 Å². The van der Waals surface area contributed by atoms with Crippen LogP contribution in [0.15, 0.2) is 79.6 Å². The van der Waals surface area contributed by atoms with Crippen molar-refractivity contribution in [2.75, 3.05) is 4.72 Å². The van der Waals surface area contributed by atoms with Crippen LogP contribution in [0.2, 0.25) is 0 Å². The SMILES string of the molecule is O=C(NS(=O)(=O)c1ccc(NS(=O)(=O)c2ccc(Br)s2)cc1)c1ccccc1. The maximum Gasteiger partial charge on any atom is 0.271 e. The topological polar surface area (TPSA) is 109 Å². The first kappa shape index (κ1) is 20.5. The van der Waals surface area contributed by atoms with Crippen molar-refractivity contribution in [1.29, 1.82) is 0 Å². The van der Waals surface area contributed by atoms with Gasteiger partial charge in [0.05, 0.1) is 8.68 Å². The molecule has 7 nitrogen and oxygen atoms in total. The molecule has 2 N–H and O–H groups in total. The molecule has 1 heterocycles. The van der Waals surface area contributed by atoms with Crippen LogP contribution in [0.3, 0.4) is 0 Å². The van der Waals surface area contributed by atoms with Gasteiger partial charge in [0.2, 0.25) is 0 Å². The molecule has 3 aromatic rings. The van der Waals surface area contributed by atoms with Crippen molar-refractivity contribution in [3.8, 4) is 0 Å². The summed E-state index contributed by atoms with van der Waals surface area (Å²) in [5, 5.41) is 0. The van der Waals surface area contributed by atoms with Gasteiger partial charge >= 0.3 is 0 Å². The van der Waals surface area contributed by atoms with Crippen molar-refractivity contribution in [1.82, 2.24) is 4.72 Å². The van der Waals surface area contributed by atoms with Gasteiger partial charge in [-0.15, -0.1) is 11.3 Å². The lowest BCUT2D eigenvalue weighted by molar-refractivity contribution is 0.0981. The Bertz CT molecular complexity index is 1210. The van der Waals surface area contributed by atoms with Gasteiger partial charge in [-0.1, -0.05) is 18.2 Å². The van der Waals surface area contributed by atoms with E-state index in [1.165, 1.54) is 42.5 Å². The molecule has 0 fully saturated rings. The Morgan fingerprint density at radius 1 is 0.821 bits per heavy atom. The van der Waals surface area contributed by atoms with Crippen LogP contribution in [0.25, 0.3) is 0 Å². The summed E-state index contributed by atoms with van der Waals surface area (Å²) < 4.78 is 54.5. The van der Waals surface area contributed by atoms with Crippen LogP contribution in [-0.4, -0.2) is 22.7 Å². The number of hydrogen-bond acceptors (Lipinski definition) is 6. The summed E-state index contributed by atoms with van der Waals surface area (Å²) in [6.45, 7) is 0. The highest BCUT2D eigenvalue weighted by Crippen LogP contribution is 2.27. The number of benzene rings is 2. The lowest BCUT2D eigenvalue weighted by atomic mass is 10.2. The standard InChI is InChI=1S/C17H13BrN2O5S3/c18-15-10-11-16(26-15)28(24,25)19-13-6-8-14(9-7-13)27(22,23)20-17(21)12-4-2-1-3-5-12/h1-11,19H,(H,20,21). The first-order chi connectivity index (χ1) is 13.2. The quantitative estimate of drug-likeness (QED) is 0.538. The maximum atomic E-state index is 12.4. The van der Waals surface area contributed by atoms with Crippen molar-refractivity contribution in [2.24, 2.45) is 0 Å². The number of nitrogens with one attached hydrogen (secondary N) is 2. The molecule has 11 heteroatoms. The second kappa shape index (κ2) is 8.03. The number of halogens is 1. The van der Waals surface area contributed by atoms with E-state index in [0.29, 0.717) is 3.79 Å². The largest absolute Gasteiger partial charge is 0.279 e. The van der Waals surface area contributed by atoms with Gasteiger partial charge in [-0.25, -0.2) is 21.6 Å². The first-order valence-electron chi connectivity index (χ1n) is 7.68. The predicted molar refractivity (Wildman–Crippen MR) is 110 cm³/mol. The highest BCUT2D eigenvalue weighted by molar-refractivity contribution is 9.11. The normalized spacial score (nSPS) is 11.8. The molecule has 146 valence electrons. The number of hydrogen-bond donors (Lipinski definition) is 2. The molecule has 0 bridgehead atoms. The van der Waals surface area contributed by atoms with Crippen LogP contribution in [-0.2, 0) is 20.0 Å². The molecular formula is C17H13BrN2O5S3. The van der Waals surface area contributed by atoms with Crippen molar-refractivity contribution >= 4 is 58.9 Å². The molecule has 0 spiro atoms. The zero-order chi connectivity index (χ0) is 20.4. The van der Waals surface area contributed by atoms with Gasteiger partial charge in [0.15, 0.2) is 0 Å². The minimum atomic E-state index is -4.10. The molecule has 0 atom stereocenters. The van der Waals surface area contributed by atoms with E-state index in [1.54, 1.807) is 24.3 Å². The third kappa shape index (κ3) is 4.79. The molecule has 1 aromatic heterocycles. The Hall–Kier alpha value is -2.21. The third-order valence-corrected chi connectivity index (χ3v) is 8.34. The van der Waals surface area contributed by atoms with Crippen molar-refractivity contribution < 1.29 is 21.6 Å². The van der Waals surface area contributed by atoms with E-state index >= 15 is 0 Å². The van der Waals surface area contributed by atoms with Crippen molar-refractivity contribution in [3.05, 3.63) is 76.1 Å². The zero-order valence-electron chi connectivity index (χ0n) is 14.0. The second-order valence-corrected chi connectivity index (χ2v) is 11.5. The van der Waals surface area contributed by atoms with Crippen LogP contribution < -0.4 is 9.44 Å². The average Bonchev–Trinajstić information content (AvgIpc) is 3.10. The first-order valence-corrected chi connectivity index (χ1v) is 12.3. The van der Waals surface area contributed by atoms with Crippen LogP contribution in [0.5, 0.6) is 0 Å². The molecule has 28 heavy (non-hydrogen) atoms. The van der Waals surface area contributed by atoms with Crippen LogP contribution >= 0.6 is 27.3 Å². The number of sulfonamides is 2. The molecule has 0 unspecified atom stereocenters. The van der Waals surface area contributed by atoms with Gasteiger partial charge in [-0.05, 0) is 64.5 Å². The van der Waals surface area contributed by atoms with E-state index in [4.69, 9.17) is 0 Å². The Labute approximate surface area is 174 Å². The Morgan fingerprint density at radius 3 is 2.04 bits per heavy atom. The molecule has 2 aromatic carbocycles. The van der Waals surface area contributed by atoms with Gasteiger partial charge < -0.3 is 0 Å². The summed E-state index contributed by atoms with van der Waals surface area (Å²) in [4.78, 5) is 11.9. The lowest BCUT2D eigenvalue weighted by Crippen LogP contribution is -2.30. The number of carbonyl (C=O) groups excluding carboxylic acids is 1. The summed E-state index contributed by atoms with van der Waals surface area (Å²) in [6.07, 6.45) is 0. The van der Waals surface area contributed by atoms with E-state index in [-0.39, 0.29) is 20.4 Å². The van der Waals surface area contributed by atoms with Gasteiger partial charge in [0.25, 0.3) is 26.0 Å². The molecule has 0 aliphatic rings. The summed E-state index contributed by atoms with van der Waals surface area (Å²) in [6, 6.07) is 16.0. The molecule has 3 rings (SSSR count). The van der Waals surface area contributed by atoms with Gasteiger partial charge in [-0.2, -0.15) is 0 Å². The monoisotopic (exact) mass is 500 g/mol. The minimum Gasteiger partial charge on any atom is -0.279 e. The molecule has 0 aliphatic heterocycles. The molecule has 1 amide bonds. The molecular weight excluding hydrogens is 488 g/mol. The average molecular weight is 501 g/mol. The molecule has 0 saturated carbocycles. The van der Waals surface area contributed by atoms with Crippen molar-refractivity contribution in [3.63, 3.8) is 0 Å². The third-order valence-electron chi connectivity index (χ3n) is 3.49. The fourth-order valence-electron chi connectivity index (χ4n) is 2.18. The summed E-state index contributed by atoms with van der Waals surface area (Å²) in [5.74, 6) is -0.756. The predicted octanol–water partition coefficient (Wildman–Crippen LogP) is 3.43. The smallest absolute Gasteiger partial charge is 0.271 e. The fourth-order valence-corrected chi connectivity index (χ4v) is 6.22.